The van der Waals surface area contributed by atoms with E-state index in [-0.39, 0.29) is 5.57 Å². The van der Waals surface area contributed by atoms with E-state index in [0.29, 0.717) is 11.6 Å². The summed E-state index contributed by atoms with van der Waals surface area (Å²) in [7, 11) is 0. The van der Waals surface area contributed by atoms with Gasteiger partial charge >= 0.3 is 0 Å². The van der Waals surface area contributed by atoms with Crippen molar-refractivity contribution in [2.24, 2.45) is 0 Å². The molecule has 0 aliphatic heterocycles. The summed E-state index contributed by atoms with van der Waals surface area (Å²) in [6.45, 7) is 2.92. The van der Waals surface area contributed by atoms with Crippen LogP contribution in [0.5, 0.6) is 0 Å². The van der Waals surface area contributed by atoms with Gasteiger partial charge in [0.15, 0.2) is 0 Å². The van der Waals surface area contributed by atoms with E-state index in [9.17, 15) is 0 Å². The SMILES string of the molecule is CCCN(c1ccccc1)c1ccc(C=C(C#N)C#N)o1. The maximum Gasteiger partial charge on any atom is 0.200 e. The van der Waals surface area contributed by atoms with Crippen molar-refractivity contribution in [1.29, 1.82) is 10.5 Å². The molecular formula is C17H15N3O. The molecule has 0 N–H and O–H groups in total. The van der Waals surface area contributed by atoms with E-state index in [1.807, 2.05) is 48.5 Å². The average molecular weight is 277 g/mol. The van der Waals surface area contributed by atoms with Crippen LogP contribution in [0.3, 0.4) is 0 Å². The molecule has 2 aromatic rings. The number of furan rings is 1. The number of nitriles is 2. The Bertz CT molecular complexity index is 686. The standard InChI is InChI=1S/C17H15N3O/c1-2-10-20(15-6-4-3-5-7-15)17-9-8-16(21-17)11-14(12-18)13-19/h3-9,11H,2,10H2,1H3. The molecule has 0 atom stereocenters. The molecule has 0 amide bonds. The molecule has 4 heteroatoms. The van der Waals surface area contributed by atoms with E-state index < -0.39 is 0 Å². The van der Waals surface area contributed by atoms with Gasteiger partial charge < -0.3 is 9.32 Å². The third-order valence-electron chi connectivity index (χ3n) is 2.92. The fourth-order valence-electron chi connectivity index (χ4n) is 1.99. The fourth-order valence-corrected chi connectivity index (χ4v) is 1.99. The largest absolute Gasteiger partial charge is 0.441 e. The number of allylic oxidation sites excluding steroid dienone is 1. The van der Waals surface area contributed by atoms with Crippen LogP contribution in [0.25, 0.3) is 6.08 Å². The molecule has 1 aromatic heterocycles. The molecule has 0 radical (unpaired) electrons. The third kappa shape index (κ3) is 3.52. The van der Waals surface area contributed by atoms with Crippen LogP contribution >= 0.6 is 0 Å². The van der Waals surface area contributed by atoms with Gasteiger partial charge in [0, 0.05) is 24.4 Å². The number of para-hydroxylation sites is 1. The molecular weight excluding hydrogens is 262 g/mol. The lowest BCUT2D eigenvalue weighted by molar-refractivity contribution is 0.551. The van der Waals surface area contributed by atoms with Gasteiger partial charge in [-0.1, -0.05) is 25.1 Å². The quantitative estimate of drug-likeness (QED) is 0.766. The van der Waals surface area contributed by atoms with E-state index >= 15 is 0 Å². The monoisotopic (exact) mass is 277 g/mol. The van der Waals surface area contributed by atoms with E-state index in [1.54, 1.807) is 6.07 Å². The summed E-state index contributed by atoms with van der Waals surface area (Å²) in [5, 5.41) is 17.5. The number of benzene rings is 1. The van der Waals surface area contributed by atoms with Gasteiger partial charge in [-0.2, -0.15) is 10.5 Å². The molecule has 4 nitrogen and oxygen atoms in total. The first-order valence-electron chi connectivity index (χ1n) is 6.72. The Kier molecular flexibility index (Phi) is 4.79. The highest BCUT2D eigenvalue weighted by Crippen LogP contribution is 2.28. The van der Waals surface area contributed by atoms with Gasteiger partial charge in [0.05, 0.1) is 0 Å². The zero-order valence-electron chi connectivity index (χ0n) is 11.8. The lowest BCUT2D eigenvalue weighted by Crippen LogP contribution is -2.16. The third-order valence-corrected chi connectivity index (χ3v) is 2.92. The zero-order chi connectivity index (χ0) is 15.1. The van der Waals surface area contributed by atoms with Gasteiger partial charge in [-0.05, 0) is 24.6 Å². The molecule has 104 valence electrons. The summed E-state index contributed by atoms with van der Waals surface area (Å²) in [5.41, 5.74) is 1.07. The highest BCUT2D eigenvalue weighted by molar-refractivity contribution is 5.63. The lowest BCUT2D eigenvalue weighted by Gasteiger charge is -2.21. The maximum absolute atomic E-state index is 8.77. The Morgan fingerprint density at radius 1 is 1.14 bits per heavy atom. The van der Waals surface area contributed by atoms with Crippen LogP contribution in [0.1, 0.15) is 19.1 Å². The second-order valence-corrected chi connectivity index (χ2v) is 4.44. The Hall–Kier alpha value is -2.98. The topological polar surface area (TPSA) is 64.0 Å². The number of rotatable bonds is 5. The molecule has 0 saturated heterocycles. The van der Waals surface area contributed by atoms with Gasteiger partial charge in [0.2, 0.25) is 5.88 Å². The minimum absolute atomic E-state index is 0.0256. The zero-order valence-corrected chi connectivity index (χ0v) is 11.8. The van der Waals surface area contributed by atoms with Crippen molar-refractivity contribution >= 4 is 17.6 Å². The van der Waals surface area contributed by atoms with Gasteiger partial charge in [0.25, 0.3) is 0 Å². The van der Waals surface area contributed by atoms with Crippen LogP contribution in [0, 0.1) is 22.7 Å². The van der Waals surface area contributed by atoms with Crippen LogP contribution in [0.2, 0.25) is 0 Å². The minimum Gasteiger partial charge on any atom is -0.441 e. The van der Waals surface area contributed by atoms with Crippen molar-refractivity contribution in [2.45, 2.75) is 13.3 Å². The molecule has 1 heterocycles. The maximum atomic E-state index is 8.77. The van der Waals surface area contributed by atoms with Crippen molar-refractivity contribution in [3.63, 3.8) is 0 Å². The summed E-state index contributed by atoms with van der Waals surface area (Å²) in [5.74, 6) is 1.20. The first-order chi connectivity index (χ1) is 10.3. The van der Waals surface area contributed by atoms with Gasteiger partial charge in [-0.15, -0.1) is 0 Å². The van der Waals surface area contributed by atoms with E-state index in [2.05, 4.69) is 11.8 Å². The molecule has 0 saturated carbocycles. The van der Waals surface area contributed by atoms with Gasteiger partial charge in [-0.3, -0.25) is 0 Å². The average Bonchev–Trinajstić information content (AvgIpc) is 2.99. The predicted molar refractivity (Wildman–Crippen MR) is 81.7 cm³/mol. The Balaban J connectivity index is 2.32. The van der Waals surface area contributed by atoms with Crippen LogP contribution in [-0.4, -0.2) is 6.54 Å². The molecule has 0 bridgehead atoms. The van der Waals surface area contributed by atoms with Gasteiger partial charge in [0.1, 0.15) is 23.5 Å². The second-order valence-electron chi connectivity index (χ2n) is 4.44. The van der Waals surface area contributed by atoms with E-state index in [4.69, 9.17) is 14.9 Å². The predicted octanol–water partition coefficient (Wildman–Crippen LogP) is 4.26. The summed E-state index contributed by atoms with van der Waals surface area (Å²) < 4.78 is 5.73. The summed E-state index contributed by atoms with van der Waals surface area (Å²) in [4.78, 5) is 2.07. The van der Waals surface area contributed by atoms with Crippen LogP contribution in [0.4, 0.5) is 11.6 Å². The molecule has 0 spiro atoms. The van der Waals surface area contributed by atoms with Crippen molar-refractivity contribution in [3.05, 3.63) is 53.8 Å². The fraction of sp³-hybridized carbons (Fsp3) is 0.176. The molecule has 0 aliphatic rings. The molecule has 1 aromatic carbocycles. The number of hydrogen-bond donors (Lipinski definition) is 0. The molecule has 21 heavy (non-hydrogen) atoms. The van der Waals surface area contributed by atoms with Crippen molar-refractivity contribution in [2.75, 3.05) is 11.4 Å². The van der Waals surface area contributed by atoms with Crippen molar-refractivity contribution in [3.8, 4) is 12.1 Å². The number of anilines is 2. The highest BCUT2D eigenvalue weighted by Gasteiger charge is 2.12. The Morgan fingerprint density at radius 3 is 2.48 bits per heavy atom. The van der Waals surface area contributed by atoms with Crippen molar-refractivity contribution < 1.29 is 4.42 Å². The number of hydrogen-bond acceptors (Lipinski definition) is 4. The summed E-state index contributed by atoms with van der Waals surface area (Å²) in [6.07, 6.45) is 2.42. The van der Waals surface area contributed by atoms with Gasteiger partial charge in [-0.25, -0.2) is 0 Å². The first kappa shape index (κ1) is 14.4. The molecule has 0 aliphatic carbocycles. The first-order valence-corrected chi connectivity index (χ1v) is 6.72. The summed E-state index contributed by atoms with van der Waals surface area (Å²) >= 11 is 0. The second kappa shape index (κ2) is 6.98. The van der Waals surface area contributed by atoms with E-state index in [0.717, 1.165) is 18.7 Å². The normalized spacial score (nSPS) is 9.48. The van der Waals surface area contributed by atoms with Crippen molar-refractivity contribution in [1.82, 2.24) is 0 Å². The van der Waals surface area contributed by atoms with Crippen LogP contribution in [-0.2, 0) is 0 Å². The molecule has 0 unspecified atom stereocenters. The number of nitrogens with zero attached hydrogens (tertiary/aromatic N) is 3. The van der Waals surface area contributed by atoms with E-state index in [1.165, 1.54) is 6.08 Å². The molecule has 0 fully saturated rings. The lowest BCUT2D eigenvalue weighted by atomic mass is 10.2. The summed E-state index contributed by atoms with van der Waals surface area (Å²) in [6, 6.07) is 17.2. The highest BCUT2D eigenvalue weighted by atomic mass is 16.4. The molecule has 2 rings (SSSR count). The minimum atomic E-state index is 0.0256. The Labute approximate surface area is 124 Å². The smallest absolute Gasteiger partial charge is 0.200 e. The Morgan fingerprint density at radius 2 is 1.86 bits per heavy atom. The van der Waals surface area contributed by atoms with Crippen LogP contribution in [0.15, 0.2) is 52.5 Å². The van der Waals surface area contributed by atoms with Crippen LogP contribution < -0.4 is 4.90 Å².